The van der Waals surface area contributed by atoms with Gasteiger partial charge in [-0.25, -0.2) is 4.39 Å². The van der Waals surface area contributed by atoms with Crippen molar-refractivity contribution in [2.45, 2.75) is 31.1 Å². The van der Waals surface area contributed by atoms with Crippen LogP contribution in [0.15, 0.2) is 48.7 Å². The molecule has 0 unspecified atom stereocenters. The molecule has 0 bridgehead atoms. The number of carbonyl (C=O) groups excluding carboxylic acids is 1. The smallest absolute Gasteiger partial charge is 0.223 e. The fraction of sp³-hybridized carbons (Fsp3) is 0.368. The molecular formula is C19H21FN2OS. The van der Waals surface area contributed by atoms with Gasteiger partial charge in [-0.05, 0) is 42.7 Å². The molecule has 126 valence electrons. The Morgan fingerprint density at radius 2 is 2.08 bits per heavy atom. The molecule has 1 amide bonds. The van der Waals surface area contributed by atoms with Crippen molar-refractivity contribution >= 4 is 17.7 Å². The van der Waals surface area contributed by atoms with Crippen LogP contribution >= 0.6 is 11.8 Å². The first-order valence-corrected chi connectivity index (χ1v) is 9.42. The maximum Gasteiger partial charge on any atom is 0.223 e. The third-order valence-corrected chi connectivity index (χ3v) is 5.27. The normalized spacial score (nSPS) is 17.2. The fourth-order valence-corrected chi connectivity index (χ4v) is 3.91. The summed E-state index contributed by atoms with van der Waals surface area (Å²) in [5.74, 6) is 1.57. The third kappa shape index (κ3) is 4.35. The van der Waals surface area contributed by atoms with Gasteiger partial charge in [0, 0.05) is 30.7 Å². The second kappa shape index (κ2) is 8.29. The molecule has 1 aromatic heterocycles. The highest BCUT2D eigenvalue weighted by atomic mass is 32.2. The Kier molecular flexibility index (Phi) is 5.86. The standard InChI is InChI=1S/C19H21FN2OS/c20-16-8-6-15(7-9-16)14-24-13-10-19(23)22-12-3-5-18(22)17-4-1-2-11-21-17/h1-2,4,6-9,11,18H,3,5,10,12-14H2/t18-/m0/s1. The van der Waals surface area contributed by atoms with E-state index in [0.29, 0.717) is 6.42 Å². The van der Waals surface area contributed by atoms with Crippen molar-refractivity contribution in [2.75, 3.05) is 12.3 Å². The van der Waals surface area contributed by atoms with Crippen LogP contribution in [0.4, 0.5) is 4.39 Å². The number of carbonyl (C=O) groups is 1. The van der Waals surface area contributed by atoms with Crippen molar-refractivity contribution in [1.29, 1.82) is 0 Å². The molecule has 1 atom stereocenters. The van der Waals surface area contributed by atoms with Crippen molar-refractivity contribution in [1.82, 2.24) is 9.88 Å². The molecule has 0 spiro atoms. The SMILES string of the molecule is O=C(CCSCc1ccc(F)cc1)N1CCC[C@H]1c1ccccn1. The quantitative estimate of drug-likeness (QED) is 0.736. The summed E-state index contributed by atoms with van der Waals surface area (Å²) in [6.07, 6.45) is 4.35. The highest BCUT2D eigenvalue weighted by Crippen LogP contribution is 2.31. The zero-order chi connectivity index (χ0) is 16.8. The summed E-state index contributed by atoms with van der Waals surface area (Å²) in [6.45, 7) is 0.822. The van der Waals surface area contributed by atoms with Crippen LogP contribution in [0.1, 0.15) is 36.6 Å². The molecule has 2 heterocycles. The molecule has 0 aliphatic carbocycles. The second-order valence-corrected chi connectivity index (χ2v) is 7.03. The van der Waals surface area contributed by atoms with Gasteiger partial charge in [0.05, 0.1) is 11.7 Å². The molecule has 0 radical (unpaired) electrons. The first-order valence-electron chi connectivity index (χ1n) is 8.26. The van der Waals surface area contributed by atoms with Gasteiger partial charge in [-0.2, -0.15) is 11.8 Å². The molecule has 0 saturated carbocycles. The van der Waals surface area contributed by atoms with Crippen LogP contribution in [0.2, 0.25) is 0 Å². The number of likely N-dealkylation sites (tertiary alicyclic amines) is 1. The number of hydrogen-bond donors (Lipinski definition) is 0. The van der Waals surface area contributed by atoms with Gasteiger partial charge >= 0.3 is 0 Å². The van der Waals surface area contributed by atoms with Gasteiger partial charge in [0.1, 0.15) is 5.82 Å². The zero-order valence-corrected chi connectivity index (χ0v) is 14.3. The Balaban J connectivity index is 1.47. The number of rotatable bonds is 6. The van der Waals surface area contributed by atoms with E-state index in [0.717, 1.165) is 42.1 Å². The summed E-state index contributed by atoms with van der Waals surface area (Å²) in [5.41, 5.74) is 2.07. The lowest BCUT2D eigenvalue weighted by Gasteiger charge is -2.24. The Hall–Kier alpha value is -1.88. The maximum absolute atomic E-state index is 12.9. The molecule has 1 aliphatic heterocycles. The molecular weight excluding hydrogens is 323 g/mol. The number of aromatic nitrogens is 1. The minimum absolute atomic E-state index is 0.126. The predicted molar refractivity (Wildman–Crippen MR) is 95.1 cm³/mol. The van der Waals surface area contributed by atoms with Crippen LogP contribution in [0.25, 0.3) is 0 Å². The Morgan fingerprint density at radius 1 is 1.25 bits per heavy atom. The van der Waals surface area contributed by atoms with E-state index in [1.165, 1.54) is 12.1 Å². The van der Waals surface area contributed by atoms with Gasteiger partial charge < -0.3 is 4.90 Å². The Labute approximate surface area is 146 Å². The number of hydrogen-bond acceptors (Lipinski definition) is 3. The molecule has 0 N–H and O–H groups in total. The molecule has 3 rings (SSSR count). The summed E-state index contributed by atoms with van der Waals surface area (Å²) in [7, 11) is 0. The molecule has 1 aromatic carbocycles. The molecule has 2 aromatic rings. The molecule has 1 fully saturated rings. The van der Waals surface area contributed by atoms with Crippen molar-refractivity contribution in [3.8, 4) is 0 Å². The molecule has 1 aliphatic rings. The van der Waals surface area contributed by atoms with E-state index in [2.05, 4.69) is 4.98 Å². The van der Waals surface area contributed by atoms with Crippen LogP contribution in [-0.2, 0) is 10.5 Å². The number of pyridine rings is 1. The first kappa shape index (κ1) is 17.0. The number of halogens is 1. The average Bonchev–Trinajstić information content (AvgIpc) is 3.11. The van der Waals surface area contributed by atoms with Gasteiger partial charge in [0.25, 0.3) is 0 Å². The van der Waals surface area contributed by atoms with Gasteiger partial charge in [-0.3, -0.25) is 9.78 Å². The number of nitrogens with zero attached hydrogens (tertiary/aromatic N) is 2. The minimum atomic E-state index is -0.214. The minimum Gasteiger partial charge on any atom is -0.334 e. The highest BCUT2D eigenvalue weighted by molar-refractivity contribution is 7.98. The number of thioether (sulfide) groups is 1. The lowest BCUT2D eigenvalue weighted by atomic mass is 10.1. The summed E-state index contributed by atoms with van der Waals surface area (Å²) in [5, 5.41) is 0. The van der Waals surface area contributed by atoms with Crippen molar-refractivity contribution in [3.05, 3.63) is 65.7 Å². The second-order valence-electron chi connectivity index (χ2n) is 5.93. The monoisotopic (exact) mass is 344 g/mol. The lowest BCUT2D eigenvalue weighted by molar-refractivity contribution is -0.131. The number of amides is 1. The predicted octanol–water partition coefficient (Wildman–Crippen LogP) is 4.21. The largest absolute Gasteiger partial charge is 0.334 e. The summed E-state index contributed by atoms with van der Waals surface area (Å²) < 4.78 is 12.9. The molecule has 1 saturated heterocycles. The van der Waals surface area contributed by atoms with Crippen LogP contribution in [0, 0.1) is 5.82 Å². The van der Waals surface area contributed by atoms with E-state index >= 15 is 0 Å². The van der Waals surface area contributed by atoms with Crippen molar-refractivity contribution < 1.29 is 9.18 Å². The van der Waals surface area contributed by atoms with Crippen LogP contribution in [0.3, 0.4) is 0 Å². The van der Waals surface area contributed by atoms with Gasteiger partial charge in [-0.1, -0.05) is 18.2 Å². The molecule has 5 heteroatoms. The van der Waals surface area contributed by atoms with Gasteiger partial charge in [-0.15, -0.1) is 0 Å². The highest BCUT2D eigenvalue weighted by Gasteiger charge is 2.30. The maximum atomic E-state index is 12.9. The molecule has 24 heavy (non-hydrogen) atoms. The lowest BCUT2D eigenvalue weighted by Crippen LogP contribution is -2.31. The van der Waals surface area contributed by atoms with Crippen molar-refractivity contribution in [2.24, 2.45) is 0 Å². The Bertz CT molecular complexity index is 663. The van der Waals surface area contributed by atoms with E-state index in [1.54, 1.807) is 30.1 Å². The van der Waals surface area contributed by atoms with Gasteiger partial charge in [0.2, 0.25) is 5.91 Å². The first-order chi connectivity index (χ1) is 11.7. The van der Waals surface area contributed by atoms with Crippen LogP contribution < -0.4 is 0 Å². The topological polar surface area (TPSA) is 33.2 Å². The molecule has 3 nitrogen and oxygen atoms in total. The van der Waals surface area contributed by atoms with Gasteiger partial charge in [0.15, 0.2) is 0 Å². The zero-order valence-electron chi connectivity index (χ0n) is 13.5. The summed E-state index contributed by atoms with van der Waals surface area (Å²) in [6, 6.07) is 12.5. The van der Waals surface area contributed by atoms with E-state index in [-0.39, 0.29) is 17.8 Å². The number of benzene rings is 1. The van der Waals surface area contributed by atoms with E-state index in [4.69, 9.17) is 0 Å². The summed E-state index contributed by atoms with van der Waals surface area (Å²) >= 11 is 1.71. The third-order valence-electron chi connectivity index (χ3n) is 4.24. The van der Waals surface area contributed by atoms with E-state index in [1.807, 2.05) is 23.1 Å². The Morgan fingerprint density at radius 3 is 2.83 bits per heavy atom. The van der Waals surface area contributed by atoms with Crippen LogP contribution in [0.5, 0.6) is 0 Å². The fourth-order valence-electron chi connectivity index (χ4n) is 3.02. The van der Waals surface area contributed by atoms with Crippen LogP contribution in [-0.4, -0.2) is 28.1 Å². The van der Waals surface area contributed by atoms with E-state index < -0.39 is 0 Å². The average molecular weight is 344 g/mol. The van der Waals surface area contributed by atoms with E-state index in [9.17, 15) is 9.18 Å². The summed E-state index contributed by atoms with van der Waals surface area (Å²) in [4.78, 5) is 18.9. The van der Waals surface area contributed by atoms with Crippen molar-refractivity contribution in [3.63, 3.8) is 0 Å².